The lowest BCUT2D eigenvalue weighted by Gasteiger charge is -2.27. The summed E-state index contributed by atoms with van der Waals surface area (Å²) >= 11 is 1.90. The second-order valence-corrected chi connectivity index (χ2v) is 8.77. The Balaban J connectivity index is 1.56. The minimum atomic E-state index is -0.347. The van der Waals surface area contributed by atoms with Gasteiger partial charge in [0.15, 0.2) is 5.82 Å². The average molecular weight is 435 g/mol. The number of nitrogens with one attached hydrogen (secondary N) is 1. The first-order valence-corrected chi connectivity index (χ1v) is 11.3. The van der Waals surface area contributed by atoms with E-state index in [0.29, 0.717) is 22.7 Å². The van der Waals surface area contributed by atoms with Crippen LogP contribution in [0.15, 0.2) is 53.3 Å². The van der Waals surface area contributed by atoms with Crippen LogP contribution >= 0.6 is 11.8 Å². The highest BCUT2D eigenvalue weighted by Gasteiger charge is 2.22. The molecule has 0 saturated carbocycles. The van der Waals surface area contributed by atoms with Gasteiger partial charge in [-0.2, -0.15) is 11.8 Å². The molecule has 0 radical (unpaired) electrons. The van der Waals surface area contributed by atoms with Crippen LogP contribution in [0, 0.1) is 6.92 Å². The number of hydrogen-bond donors (Lipinski definition) is 1. The van der Waals surface area contributed by atoms with Gasteiger partial charge in [0.05, 0.1) is 11.0 Å². The molecule has 1 fully saturated rings. The van der Waals surface area contributed by atoms with Crippen molar-refractivity contribution < 1.29 is 4.79 Å². The molecular formula is C22H22N6O2S. The van der Waals surface area contributed by atoms with Crippen LogP contribution in [0.4, 0.5) is 11.5 Å². The van der Waals surface area contributed by atoms with E-state index in [1.54, 1.807) is 4.40 Å². The molecule has 1 aliphatic rings. The smallest absolute Gasteiger partial charge is 0.351 e. The van der Waals surface area contributed by atoms with Gasteiger partial charge in [-0.25, -0.2) is 18.9 Å². The Bertz CT molecular complexity index is 1340. The fourth-order valence-electron chi connectivity index (χ4n) is 3.83. The van der Waals surface area contributed by atoms with Crippen molar-refractivity contribution in [2.24, 2.45) is 0 Å². The molecule has 0 atom stereocenters. The van der Waals surface area contributed by atoms with E-state index in [9.17, 15) is 9.59 Å². The van der Waals surface area contributed by atoms with Gasteiger partial charge in [-0.1, -0.05) is 24.3 Å². The molecule has 8 nitrogen and oxygen atoms in total. The van der Waals surface area contributed by atoms with Crippen LogP contribution in [0.3, 0.4) is 0 Å². The number of carbonyl (C=O) groups excluding carboxylic acids is 1. The standard InChI is InChI=1S/C22H22N6O2S/c1-15-5-4-6-16(13-15)23-19(29)14-27-22(30)28-18-8-3-2-7-17(18)24-20(21(28)25-27)26-9-11-31-12-10-26/h2-8,13H,9-12,14H2,1H3,(H,23,29). The lowest BCUT2D eigenvalue weighted by molar-refractivity contribution is -0.117. The van der Waals surface area contributed by atoms with E-state index in [1.165, 1.54) is 4.68 Å². The number of nitrogens with zero attached hydrogens (tertiary/aromatic N) is 5. The van der Waals surface area contributed by atoms with Crippen molar-refractivity contribution in [2.45, 2.75) is 13.5 Å². The largest absolute Gasteiger partial charge is 0.352 e. The zero-order chi connectivity index (χ0) is 21.4. The first-order valence-electron chi connectivity index (χ1n) is 10.2. The highest BCUT2D eigenvalue weighted by molar-refractivity contribution is 7.99. The Labute approximate surface area is 182 Å². The predicted molar refractivity (Wildman–Crippen MR) is 124 cm³/mol. The Morgan fingerprint density at radius 1 is 1.13 bits per heavy atom. The van der Waals surface area contributed by atoms with Gasteiger partial charge in [0, 0.05) is 30.3 Å². The fraction of sp³-hybridized carbons (Fsp3) is 0.273. The molecule has 2 aromatic heterocycles. The monoisotopic (exact) mass is 434 g/mol. The van der Waals surface area contributed by atoms with E-state index >= 15 is 0 Å². The zero-order valence-corrected chi connectivity index (χ0v) is 17.9. The van der Waals surface area contributed by atoms with Crippen LogP contribution < -0.4 is 15.9 Å². The maximum absolute atomic E-state index is 13.3. The van der Waals surface area contributed by atoms with Gasteiger partial charge in [0.1, 0.15) is 6.54 Å². The summed E-state index contributed by atoms with van der Waals surface area (Å²) in [6, 6.07) is 15.1. The molecule has 1 aliphatic heterocycles. The van der Waals surface area contributed by atoms with Gasteiger partial charge >= 0.3 is 5.69 Å². The molecule has 3 heterocycles. The van der Waals surface area contributed by atoms with Gasteiger partial charge in [-0.15, -0.1) is 5.10 Å². The number of aromatic nitrogens is 4. The number of thioether (sulfide) groups is 1. The van der Waals surface area contributed by atoms with E-state index in [-0.39, 0.29) is 18.1 Å². The van der Waals surface area contributed by atoms with Crippen molar-refractivity contribution in [3.63, 3.8) is 0 Å². The van der Waals surface area contributed by atoms with E-state index in [4.69, 9.17) is 4.98 Å². The van der Waals surface area contributed by atoms with Gasteiger partial charge in [-0.05, 0) is 36.8 Å². The Morgan fingerprint density at radius 3 is 2.74 bits per heavy atom. The van der Waals surface area contributed by atoms with Crippen LogP contribution in [0.5, 0.6) is 0 Å². The summed E-state index contributed by atoms with van der Waals surface area (Å²) < 4.78 is 2.79. The number of aryl methyl sites for hydroxylation is 1. The van der Waals surface area contributed by atoms with Crippen LogP contribution in [0.25, 0.3) is 16.7 Å². The van der Waals surface area contributed by atoms with Crippen LogP contribution in [-0.2, 0) is 11.3 Å². The van der Waals surface area contributed by atoms with E-state index in [1.807, 2.05) is 67.2 Å². The molecule has 158 valence electrons. The number of fused-ring (bicyclic) bond motifs is 3. The summed E-state index contributed by atoms with van der Waals surface area (Å²) in [5, 5.41) is 7.37. The summed E-state index contributed by atoms with van der Waals surface area (Å²) in [5.41, 5.74) is 3.29. The quantitative estimate of drug-likeness (QED) is 0.531. The lowest BCUT2D eigenvalue weighted by atomic mass is 10.2. The maximum Gasteiger partial charge on any atom is 0.351 e. The maximum atomic E-state index is 13.3. The SMILES string of the molecule is Cc1cccc(NC(=O)Cn2nc3c(N4CCSCC4)nc4ccccc4n3c2=O)c1. The van der Waals surface area contributed by atoms with Crippen molar-refractivity contribution in [3.05, 3.63) is 64.6 Å². The van der Waals surface area contributed by atoms with Crippen molar-refractivity contribution >= 4 is 45.9 Å². The minimum Gasteiger partial charge on any atom is -0.352 e. The molecule has 1 amide bonds. The molecule has 1 N–H and O–H groups in total. The molecular weight excluding hydrogens is 412 g/mol. The Hall–Kier alpha value is -3.33. The predicted octanol–water partition coefficient (Wildman–Crippen LogP) is 2.54. The number of rotatable bonds is 4. The van der Waals surface area contributed by atoms with Crippen molar-refractivity contribution in [1.29, 1.82) is 0 Å². The summed E-state index contributed by atoms with van der Waals surface area (Å²) in [6.45, 7) is 3.49. The Kier molecular flexibility index (Phi) is 5.11. The van der Waals surface area contributed by atoms with Crippen LogP contribution in [-0.4, -0.2) is 49.7 Å². The molecule has 1 saturated heterocycles. The number of carbonyl (C=O) groups is 1. The number of anilines is 2. The van der Waals surface area contributed by atoms with Gasteiger partial charge in [-0.3, -0.25) is 4.79 Å². The topological polar surface area (TPSA) is 84.5 Å². The summed E-state index contributed by atoms with van der Waals surface area (Å²) in [5.74, 6) is 2.40. The normalized spacial score (nSPS) is 14.3. The second kappa shape index (κ2) is 8.07. The zero-order valence-electron chi connectivity index (χ0n) is 17.1. The van der Waals surface area contributed by atoms with Crippen molar-refractivity contribution in [3.8, 4) is 0 Å². The van der Waals surface area contributed by atoms with Crippen molar-refractivity contribution in [1.82, 2.24) is 19.2 Å². The molecule has 4 aromatic rings. The van der Waals surface area contributed by atoms with Gasteiger partial charge in [0.25, 0.3) is 0 Å². The third-order valence-corrected chi connectivity index (χ3v) is 6.24. The lowest BCUT2D eigenvalue weighted by Crippen LogP contribution is -2.33. The summed E-state index contributed by atoms with van der Waals surface area (Å²) in [4.78, 5) is 32.9. The second-order valence-electron chi connectivity index (χ2n) is 7.54. The molecule has 5 rings (SSSR count). The highest BCUT2D eigenvalue weighted by atomic mass is 32.2. The summed E-state index contributed by atoms with van der Waals surface area (Å²) in [7, 11) is 0. The van der Waals surface area contributed by atoms with Crippen molar-refractivity contribution in [2.75, 3.05) is 34.8 Å². The first-order chi connectivity index (χ1) is 15.1. The average Bonchev–Trinajstić information content (AvgIpc) is 3.10. The van der Waals surface area contributed by atoms with Gasteiger partial charge < -0.3 is 10.2 Å². The third-order valence-electron chi connectivity index (χ3n) is 5.29. The molecule has 0 unspecified atom stereocenters. The van der Waals surface area contributed by atoms with E-state index in [2.05, 4.69) is 15.3 Å². The number of benzene rings is 2. The molecule has 0 aliphatic carbocycles. The number of hydrogen-bond acceptors (Lipinski definition) is 6. The fourth-order valence-corrected chi connectivity index (χ4v) is 4.73. The molecule has 2 aromatic carbocycles. The summed E-state index contributed by atoms with van der Waals surface area (Å²) in [6.07, 6.45) is 0. The number of para-hydroxylation sites is 2. The highest BCUT2D eigenvalue weighted by Crippen LogP contribution is 2.24. The molecule has 31 heavy (non-hydrogen) atoms. The van der Waals surface area contributed by atoms with Crippen LogP contribution in [0.2, 0.25) is 0 Å². The number of amides is 1. The van der Waals surface area contributed by atoms with Gasteiger partial charge in [0.2, 0.25) is 11.6 Å². The molecule has 0 bridgehead atoms. The van der Waals surface area contributed by atoms with E-state index < -0.39 is 0 Å². The Morgan fingerprint density at radius 2 is 1.94 bits per heavy atom. The molecule has 9 heteroatoms. The molecule has 0 spiro atoms. The third kappa shape index (κ3) is 3.76. The minimum absolute atomic E-state index is 0.169. The van der Waals surface area contributed by atoms with E-state index in [0.717, 1.165) is 35.7 Å². The first kappa shape index (κ1) is 19.6. The van der Waals surface area contributed by atoms with Crippen LogP contribution in [0.1, 0.15) is 5.56 Å².